The fourth-order valence-corrected chi connectivity index (χ4v) is 5.93. The summed E-state index contributed by atoms with van der Waals surface area (Å²) in [4.78, 5) is 13.8. The minimum Gasteiger partial charge on any atom is -0.483 e. The van der Waals surface area contributed by atoms with Crippen molar-refractivity contribution in [3.8, 4) is 0 Å². The van der Waals surface area contributed by atoms with Gasteiger partial charge in [-0.05, 0) is 75.5 Å². The number of sulfone groups is 1. The van der Waals surface area contributed by atoms with Gasteiger partial charge in [-0.25, -0.2) is 17.8 Å². The third-order valence-corrected chi connectivity index (χ3v) is 7.96. The van der Waals surface area contributed by atoms with E-state index in [-0.39, 0.29) is 29.0 Å². The van der Waals surface area contributed by atoms with Gasteiger partial charge in [0, 0.05) is 17.8 Å². The molecule has 2 aliphatic rings. The van der Waals surface area contributed by atoms with E-state index in [1.54, 1.807) is 0 Å². The van der Waals surface area contributed by atoms with Crippen LogP contribution in [-0.2, 0) is 20.4 Å². The monoisotopic (exact) mass is 495 g/mol. The lowest BCUT2D eigenvalue weighted by molar-refractivity contribution is -0.122. The zero-order chi connectivity index (χ0) is 24.9. The molecule has 2 aliphatic carbocycles. The molecule has 7 nitrogen and oxygen atoms in total. The molecule has 0 unspecified atom stereocenters. The molecular weight excluding hydrogens is 464 g/mol. The van der Waals surface area contributed by atoms with E-state index in [0.717, 1.165) is 43.7 Å². The van der Waals surface area contributed by atoms with Gasteiger partial charge in [-0.3, -0.25) is 4.79 Å². The first kappa shape index (κ1) is 26.0. The Morgan fingerprint density at radius 3 is 2.44 bits per heavy atom. The second kappa shape index (κ2) is 11.2. The van der Waals surface area contributed by atoms with Gasteiger partial charge in [0.1, 0.15) is 10.7 Å². The fourth-order valence-electron chi connectivity index (χ4n) is 4.57. The Morgan fingerprint density at radius 2 is 1.82 bits per heavy atom. The minimum atomic E-state index is -4.00. The average Bonchev–Trinajstić information content (AvgIpc) is 3.59. The first-order valence-corrected chi connectivity index (χ1v) is 13.0. The molecule has 1 heterocycles. The Labute approximate surface area is 199 Å². The highest BCUT2D eigenvalue weighted by Crippen LogP contribution is 2.45. The van der Waals surface area contributed by atoms with E-state index in [1.807, 2.05) is 0 Å². The van der Waals surface area contributed by atoms with Crippen molar-refractivity contribution in [2.45, 2.75) is 67.2 Å². The van der Waals surface area contributed by atoms with Crippen molar-refractivity contribution < 1.29 is 27.1 Å². The molecule has 2 aromatic rings. The molecule has 0 bridgehead atoms. The van der Waals surface area contributed by atoms with Crippen molar-refractivity contribution in [2.75, 3.05) is 19.4 Å². The van der Waals surface area contributed by atoms with Gasteiger partial charge in [0.05, 0.1) is 11.4 Å². The summed E-state index contributed by atoms with van der Waals surface area (Å²) in [6.45, 7) is -0.250. The normalized spacial score (nSPS) is 20.4. The number of hydrogen-bond acceptors (Lipinski definition) is 6. The highest BCUT2D eigenvalue weighted by Gasteiger charge is 2.33. The summed E-state index contributed by atoms with van der Waals surface area (Å²) in [5.41, 5.74) is 1.61. The molecule has 0 aliphatic heterocycles. The van der Waals surface area contributed by atoms with Crippen LogP contribution in [0.4, 0.5) is 14.5 Å². The van der Waals surface area contributed by atoms with Crippen LogP contribution in [0.2, 0.25) is 0 Å². The molecule has 2 fully saturated rings. The van der Waals surface area contributed by atoms with Gasteiger partial charge in [0.25, 0.3) is 6.47 Å². The summed E-state index contributed by atoms with van der Waals surface area (Å²) in [5.74, 6) is -1.83. The molecule has 4 rings (SSSR count). The summed E-state index contributed by atoms with van der Waals surface area (Å²) in [6.07, 6.45) is 6.31. The Balaban J connectivity index is 0.00000103. The van der Waals surface area contributed by atoms with Crippen molar-refractivity contribution >= 4 is 22.0 Å². The number of halogens is 2. The lowest BCUT2D eigenvalue weighted by atomic mass is 9.89. The van der Waals surface area contributed by atoms with Gasteiger partial charge in [0.15, 0.2) is 9.84 Å². The second-order valence-electron chi connectivity index (χ2n) is 9.03. The van der Waals surface area contributed by atoms with Crippen LogP contribution in [0, 0.1) is 11.8 Å². The smallest absolute Gasteiger partial charge is 0.290 e. The van der Waals surface area contributed by atoms with Crippen LogP contribution in [-0.4, -0.2) is 56.1 Å². The van der Waals surface area contributed by atoms with Crippen molar-refractivity contribution in [2.24, 2.45) is 0 Å². The SMILES string of the molecule is CN(C)[C@H]1CCCC[C@@H]1Nc1cc(F)c(S(=O)(=O)Cc2cccc(F)n2)cc1C1CC1.O=CO. The first-order chi connectivity index (χ1) is 16.2. The Morgan fingerprint density at radius 1 is 1.15 bits per heavy atom. The van der Waals surface area contributed by atoms with E-state index in [2.05, 4.69) is 29.3 Å². The minimum absolute atomic E-state index is 0.0607. The summed E-state index contributed by atoms with van der Waals surface area (Å²) >= 11 is 0. The Bertz CT molecular complexity index is 1110. The van der Waals surface area contributed by atoms with Crippen molar-refractivity contribution in [1.29, 1.82) is 0 Å². The van der Waals surface area contributed by atoms with Crippen LogP contribution in [0.1, 0.15) is 55.7 Å². The lowest BCUT2D eigenvalue weighted by Gasteiger charge is -2.37. The molecule has 34 heavy (non-hydrogen) atoms. The van der Waals surface area contributed by atoms with Crippen molar-refractivity contribution in [3.63, 3.8) is 0 Å². The maximum absolute atomic E-state index is 15.1. The van der Waals surface area contributed by atoms with E-state index in [1.165, 1.54) is 30.7 Å². The van der Waals surface area contributed by atoms with Gasteiger partial charge in [-0.15, -0.1) is 0 Å². The zero-order valence-corrected chi connectivity index (χ0v) is 20.2. The number of carbonyl (C=O) groups is 1. The number of benzene rings is 1. The van der Waals surface area contributed by atoms with Gasteiger partial charge in [-0.1, -0.05) is 18.9 Å². The molecule has 0 radical (unpaired) electrons. The van der Waals surface area contributed by atoms with Crippen LogP contribution in [0.5, 0.6) is 0 Å². The molecular formula is C24H31F2N3O4S. The second-order valence-corrected chi connectivity index (χ2v) is 11.0. The number of anilines is 1. The highest BCUT2D eigenvalue weighted by atomic mass is 32.2. The number of likely N-dealkylation sites (N-methyl/N-ethyl adjacent to an activating group) is 1. The van der Waals surface area contributed by atoms with E-state index in [4.69, 9.17) is 9.90 Å². The molecule has 0 amide bonds. The van der Waals surface area contributed by atoms with Gasteiger partial charge < -0.3 is 15.3 Å². The molecule has 186 valence electrons. The van der Waals surface area contributed by atoms with Crippen LogP contribution in [0.25, 0.3) is 0 Å². The van der Waals surface area contributed by atoms with Crippen molar-refractivity contribution in [3.05, 3.63) is 53.4 Å². The number of rotatable bonds is 7. The Hall–Kier alpha value is -2.59. The average molecular weight is 496 g/mol. The van der Waals surface area contributed by atoms with Crippen LogP contribution in [0.3, 0.4) is 0 Å². The number of pyridine rings is 1. The van der Waals surface area contributed by atoms with E-state index in [0.29, 0.717) is 11.7 Å². The van der Waals surface area contributed by atoms with Crippen LogP contribution < -0.4 is 5.32 Å². The maximum Gasteiger partial charge on any atom is 0.290 e. The Kier molecular flexibility index (Phi) is 8.59. The standard InChI is InChI=1S/C23H29F2N3O2S.CH2O2/c1-28(2)21-8-4-3-7-19(21)27-20-13-18(24)22(12-17(20)15-10-11-15)31(29,30)14-16-6-5-9-23(25)26-16;2-1-3/h5-6,9,12-13,15,19,21,27H,3-4,7-8,10-11,14H2,1-2H3;1H,(H,2,3)/t19-,21-;/m0./s1. The maximum atomic E-state index is 15.1. The summed E-state index contributed by atoms with van der Waals surface area (Å²) in [7, 11) is 0.114. The highest BCUT2D eigenvalue weighted by molar-refractivity contribution is 7.90. The molecule has 2 N–H and O–H groups in total. The first-order valence-electron chi connectivity index (χ1n) is 11.3. The summed E-state index contributed by atoms with van der Waals surface area (Å²) < 4.78 is 54.3. The number of aromatic nitrogens is 1. The third kappa shape index (κ3) is 6.50. The summed E-state index contributed by atoms with van der Waals surface area (Å²) in [6, 6.07) is 7.34. The van der Waals surface area contributed by atoms with Crippen LogP contribution >= 0.6 is 0 Å². The summed E-state index contributed by atoms with van der Waals surface area (Å²) in [5, 5.41) is 10.4. The van der Waals surface area contributed by atoms with Crippen molar-refractivity contribution in [1.82, 2.24) is 9.88 Å². The number of hydrogen-bond donors (Lipinski definition) is 2. The van der Waals surface area contributed by atoms with E-state index >= 15 is 4.39 Å². The predicted octanol–water partition coefficient (Wildman–Crippen LogP) is 4.20. The number of nitrogens with one attached hydrogen (secondary N) is 1. The molecule has 1 aromatic heterocycles. The topological polar surface area (TPSA) is 99.6 Å². The zero-order valence-electron chi connectivity index (χ0n) is 19.4. The third-order valence-electron chi connectivity index (χ3n) is 6.30. The molecule has 2 saturated carbocycles. The molecule has 10 heteroatoms. The van der Waals surface area contributed by atoms with Gasteiger partial charge in [0.2, 0.25) is 5.95 Å². The molecule has 0 spiro atoms. The quantitative estimate of drug-likeness (QED) is 0.439. The van der Waals surface area contributed by atoms with Crippen LogP contribution in [0.15, 0.2) is 35.2 Å². The van der Waals surface area contributed by atoms with E-state index < -0.39 is 27.4 Å². The number of carboxylic acid groups (broad SMARTS) is 1. The van der Waals surface area contributed by atoms with Gasteiger partial charge in [-0.2, -0.15) is 4.39 Å². The molecule has 1 aromatic carbocycles. The van der Waals surface area contributed by atoms with Gasteiger partial charge >= 0.3 is 0 Å². The number of nitrogens with zero attached hydrogens (tertiary/aromatic N) is 2. The fraction of sp³-hybridized carbons (Fsp3) is 0.500. The predicted molar refractivity (Wildman–Crippen MR) is 126 cm³/mol. The largest absolute Gasteiger partial charge is 0.483 e. The van der Waals surface area contributed by atoms with E-state index in [9.17, 15) is 12.8 Å². The lowest BCUT2D eigenvalue weighted by Crippen LogP contribution is -2.45. The molecule has 0 saturated heterocycles. The molecule has 2 atom stereocenters.